The van der Waals surface area contributed by atoms with Gasteiger partial charge in [-0.3, -0.25) is 4.79 Å². The van der Waals surface area contributed by atoms with Crippen LogP contribution in [0.15, 0.2) is 23.3 Å². The Bertz CT molecular complexity index is 631. The van der Waals surface area contributed by atoms with Crippen molar-refractivity contribution in [2.24, 2.45) is 16.6 Å². The van der Waals surface area contributed by atoms with Gasteiger partial charge in [-0.25, -0.2) is 9.98 Å². The van der Waals surface area contributed by atoms with Gasteiger partial charge in [-0.05, 0) is 32.3 Å². The lowest BCUT2D eigenvalue weighted by molar-refractivity contribution is -0.122. The Morgan fingerprint density at radius 2 is 2.11 bits per heavy atom. The Morgan fingerprint density at radius 1 is 1.39 bits per heavy atom. The van der Waals surface area contributed by atoms with Crippen molar-refractivity contribution in [1.82, 2.24) is 15.2 Å². The molecule has 1 saturated heterocycles. The number of amides is 1. The minimum atomic E-state index is -0.189. The van der Waals surface area contributed by atoms with E-state index >= 15 is 0 Å². The van der Waals surface area contributed by atoms with Gasteiger partial charge in [0.15, 0.2) is 5.96 Å². The lowest BCUT2D eigenvalue weighted by Crippen LogP contribution is -2.40. The quantitative estimate of drug-likeness (QED) is 0.324. The molecule has 0 spiro atoms. The van der Waals surface area contributed by atoms with Gasteiger partial charge in [-0.15, -0.1) is 24.0 Å². The average Bonchev–Trinajstić information content (AvgIpc) is 2.69. The van der Waals surface area contributed by atoms with Crippen molar-refractivity contribution in [2.45, 2.75) is 46.1 Å². The molecular weight excluding hydrogens is 467 g/mol. The van der Waals surface area contributed by atoms with E-state index in [0.717, 1.165) is 69.2 Å². The topological polar surface area (TPSA) is 86.8 Å². The molecule has 1 amide bonds. The maximum atomic E-state index is 11.4. The molecule has 1 aromatic heterocycles. The van der Waals surface area contributed by atoms with E-state index < -0.39 is 0 Å². The van der Waals surface area contributed by atoms with Crippen LogP contribution >= 0.6 is 24.0 Å². The van der Waals surface area contributed by atoms with Crippen LogP contribution in [0.2, 0.25) is 0 Å². The van der Waals surface area contributed by atoms with Gasteiger partial charge >= 0.3 is 0 Å². The van der Waals surface area contributed by atoms with Crippen LogP contribution in [0.4, 0.5) is 5.82 Å². The summed E-state index contributed by atoms with van der Waals surface area (Å²) >= 11 is 0. The highest BCUT2D eigenvalue weighted by molar-refractivity contribution is 14.0. The second-order valence-corrected chi connectivity index (χ2v) is 7.10. The molecule has 1 aliphatic rings. The summed E-state index contributed by atoms with van der Waals surface area (Å²) in [5.74, 6) is 1.69. The van der Waals surface area contributed by atoms with E-state index in [1.54, 1.807) is 0 Å². The van der Waals surface area contributed by atoms with Gasteiger partial charge in [0.05, 0.1) is 6.54 Å². The number of rotatable bonds is 8. The number of halogens is 1. The van der Waals surface area contributed by atoms with Crippen LogP contribution in [-0.4, -0.2) is 55.0 Å². The summed E-state index contributed by atoms with van der Waals surface area (Å²) < 4.78 is 0. The van der Waals surface area contributed by atoms with Crippen molar-refractivity contribution in [3.8, 4) is 0 Å². The lowest BCUT2D eigenvalue weighted by Gasteiger charge is -2.32. The number of piperidine rings is 1. The van der Waals surface area contributed by atoms with Crippen LogP contribution in [0.3, 0.4) is 0 Å². The third-order valence-corrected chi connectivity index (χ3v) is 5.01. The molecule has 7 nitrogen and oxygen atoms in total. The van der Waals surface area contributed by atoms with Crippen LogP contribution in [0.25, 0.3) is 0 Å². The second-order valence-electron chi connectivity index (χ2n) is 7.10. The number of carbonyl (C=O) groups excluding carboxylic acids is 1. The highest BCUT2D eigenvalue weighted by Gasteiger charge is 2.24. The zero-order valence-electron chi connectivity index (χ0n) is 17.4. The predicted octanol–water partition coefficient (Wildman–Crippen LogP) is 2.60. The molecule has 0 radical (unpaired) electrons. The molecular formula is C20H35IN6O. The molecule has 158 valence electrons. The number of aliphatic imine (C=N–C) groups is 1. The number of pyridine rings is 1. The first-order valence-electron chi connectivity index (χ1n) is 10.0. The van der Waals surface area contributed by atoms with Crippen molar-refractivity contribution in [3.05, 3.63) is 23.9 Å². The van der Waals surface area contributed by atoms with Crippen LogP contribution in [-0.2, 0) is 11.3 Å². The van der Waals surface area contributed by atoms with Gasteiger partial charge in [0.1, 0.15) is 5.82 Å². The van der Waals surface area contributed by atoms with E-state index in [9.17, 15) is 4.79 Å². The summed E-state index contributed by atoms with van der Waals surface area (Å²) in [5, 5.41) is 3.37. The molecule has 2 heterocycles. The Morgan fingerprint density at radius 3 is 2.71 bits per heavy atom. The fourth-order valence-corrected chi connectivity index (χ4v) is 3.35. The van der Waals surface area contributed by atoms with E-state index in [1.807, 2.05) is 12.3 Å². The molecule has 2 rings (SSSR count). The summed E-state index contributed by atoms with van der Waals surface area (Å²) in [7, 11) is 2.08. The summed E-state index contributed by atoms with van der Waals surface area (Å²) in [6.45, 7) is 8.30. The van der Waals surface area contributed by atoms with Crippen molar-refractivity contribution in [3.63, 3.8) is 0 Å². The number of nitrogens with two attached hydrogens (primary N) is 1. The molecule has 28 heavy (non-hydrogen) atoms. The minimum absolute atomic E-state index is 0. The van der Waals surface area contributed by atoms with E-state index in [4.69, 9.17) is 10.7 Å². The fraction of sp³-hybridized carbons (Fsp3) is 0.650. The predicted molar refractivity (Wildman–Crippen MR) is 126 cm³/mol. The number of guanidine groups is 1. The number of aromatic nitrogens is 1. The first kappa shape index (κ1) is 24.5. The summed E-state index contributed by atoms with van der Waals surface area (Å²) in [4.78, 5) is 25.3. The van der Waals surface area contributed by atoms with Crippen molar-refractivity contribution in [1.29, 1.82) is 0 Å². The number of hydrogen-bond donors (Lipinski definition) is 2. The highest BCUT2D eigenvalue weighted by atomic mass is 127. The van der Waals surface area contributed by atoms with Gasteiger partial charge in [0.25, 0.3) is 0 Å². The van der Waals surface area contributed by atoms with Gasteiger partial charge in [-0.1, -0.05) is 19.4 Å². The molecule has 0 atom stereocenters. The molecule has 0 aromatic carbocycles. The molecule has 0 unspecified atom stereocenters. The molecule has 1 aliphatic heterocycles. The van der Waals surface area contributed by atoms with Gasteiger partial charge in [0.2, 0.25) is 5.91 Å². The fourth-order valence-electron chi connectivity index (χ4n) is 3.35. The van der Waals surface area contributed by atoms with E-state index in [2.05, 4.69) is 47.1 Å². The first-order chi connectivity index (χ1) is 13.1. The molecule has 0 saturated carbocycles. The maximum absolute atomic E-state index is 11.4. The largest absolute Gasteiger partial charge is 0.369 e. The Kier molecular flexibility index (Phi) is 11.2. The summed E-state index contributed by atoms with van der Waals surface area (Å²) in [5.41, 5.74) is 6.56. The van der Waals surface area contributed by atoms with Crippen molar-refractivity contribution in [2.75, 3.05) is 38.1 Å². The minimum Gasteiger partial charge on any atom is -0.369 e. The molecule has 3 N–H and O–H groups in total. The Hall–Kier alpha value is -1.58. The number of unbranched alkanes of at least 4 members (excludes halogenated alkanes) is 1. The molecule has 0 aliphatic carbocycles. The van der Waals surface area contributed by atoms with E-state index in [0.29, 0.717) is 6.54 Å². The lowest BCUT2D eigenvalue weighted by atomic mass is 9.96. The normalized spacial score (nSPS) is 15.1. The van der Waals surface area contributed by atoms with E-state index in [-0.39, 0.29) is 35.8 Å². The molecule has 8 heteroatoms. The molecule has 1 aromatic rings. The monoisotopic (exact) mass is 502 g/mol. The van der Waals surface area contributed by atoms with Crippen LogP contribution in [0, 0.1) is 5.92 Å². The first-order valence-corrected chi connectivity index (χ1v) is 10.0. The third-order valence-electron chi connectivity index (χ3n) is 5.01. The van der Waals surface area contributed by atoms with E-state index in [1.165, 1.54) is 0 Å². The number of hydrogen-bond acceptors (Lipinski definition) is 4. The average molecular weight is 502 g/mol. The Labute approximate surface area is 186 Å². The zero-order valence-corrected chi connectivity index (χ0v) is 19.7. The number of nitrogens with one attached hydrogen (secondary N) is 1. The van der Waals surface area contributed by atoms with Crippen LogP contribution in [0.5, 0.6) is 0 Å². The number of primary amides is 1. The second kappa shape index (κ2) is 12.8. The number of carbonyl (C=O) groups is 1. The number of anilines is 1. The van der Waals surface area contributed by atoms with Gasteiger partial charge in [0, 0.05) is 50.9 Å². The molecule has 1 fully saturated rings. The summed E-state index contributed by atoms with van der Waals surface area (Å²) in [6.07, 6.45) is 5.71. The standard InChI is InChI=1S/C20H34N6O.HI/c1-4-6-12-25(3)20(22-5-2)24-15-17-8-7-11-23-19(17)26-13-9-16(10-14-26)18(21)27;/h7-8,11,16H,4-6,9-10,12-15H2,1-3H3,(H2,21,27)(H,22,24);1H. The Balaban J connectivity index is 0.00000392. The SMILES string of the molecule is CCCCN(C)C(=NCc1cccnc1N1CCC(C(N)=O)CC1)NCC.I. The van der Waals surface area contributed by atoms with Gasteiger partial charge < -0.3 is 20.9 Å². The molecule has 0 bridgehead atoms. The highest BCUT2D eigenvalue weighted by Crippen LogP contribution is 2.25. The smallest absolute Gasteiger partial charge is 0.220 e. The summed E-state index contributed by atoms with van der Waals surface area (Å²) in [6, 6.07) is 4.04. The zero-order chi connectivity index (χ0) is 19.6. The van der Waals surface area contributed by atoms with Crippen molar-refractivity contribution < 1.29 is 4.79 Å². The maximum Gasteiger partial charge on any atom is 0.220 e. The van der Waals surface area contributed by atoms with Crippen LogP contribution in [0.1, 0.15) is 45.1 Å². The van der Waals surface area contributed by atoms with Crippen molar-refractivity contribution >= 4 is 41.7 Å². The van der Waals surface area contributed by atoms with Gasteiger partial charge in [-0.2, -0.15) is 0 Å². The number of nitrogens with zero attached hydrogens (tertiary/aromatic N) is 4. The third kappa shape index (κ3) is 7.10. The van der Waals surface area contributed by atoms with Crippen LogP contribution < -0.4 is 16.0 Å².